The minimum Gasteiger partial charge on any atom is -0.449 e. The molecule has 0 radical (unpaired) electrons. The number of H-pyrrole nitrogens is 1. The van der Waals surface area contributed by atoms with Gasteiger partial charge < -0.3 is 4.74 Å². The van der Waals surface area contributed by atoms with Gasteiger partial charge in [0.15, 0.2) is 12.1 Å². The van der Waals surface area contributed by atoms with Crippen molar-refractivity contribution in [1.29, 1.82) is 0 Å². The number of ether oxygens (including phenoxy) is 1. The summed E-state index contributed by atoms with van der Waals surface area (Å²) in [6, 6.07) is 0. The van der Waals surface area contributed by atoms with E-state index in [1.165, 1.54) is 19.3 Å². The summed E-state index contributed by atoms with van der Waals surface area (Å²) >= 11 is 0. The number of piperidine rings is 1. The number of hydrogen-bond acceptors (Lipinski definition) is 6. The predicted octanol–water partition coefficient (Wildman–Crippen LogP) is 0.657. The van der Waals surface area contributed by atoms with E-state index in [1.807, 2.05) is 0 Å². The van der Waals surface area contributed by atoms with Gasteiger partial charge in [0.2, 0.25) is 0 Å². The molecule has 3 rings (SSSR count). The minimum atomic E-state index is -0.0929. The van der Waals surface area contributed by atoms with Gasteiger partial charge >= 0.3 is 0 Å². The number of aryl methyl sites for hydroxylation is 1. The van der Waals surface area contributed by atoms with Crippen LogP contribution < -0.4 is 5.32 Å². The normalized spacial score (nSPS) is 33.4. The van der Waals surface area contributed by atoms with Crippen molar-refractivity contribution in [2.24, 2.45) is 17.8 Å². The standard InChI is InChI=1S/C13H21N5O2/c19-8-20-13-6-11-5-9(1-3-10(11)7-14-13)2-4-12-15-17-18-16-12/h8-11,13-14H,1-7H2,(H,15,16,17,18). The number of carbonyl (C=O) groups excluding carboxylic acids is 1. The highest BCUT2D eigenvalue weighted by Crippen LogP contribution is 2.40. The quantitative estimate of drug-likeness (QED) is 0.769. The van der Waals surface area contributed by atoms with E-state index >= 15 is 0 Å². The third kappa shape index (κ3) is 3.15. The van der Waals surface area contributed by atoms with Crippen LogP contribution in [-0.4, -0.2) is 39.9 Å². The molecule has 20 heavy (non-hydrogen) atoms. The maximum Gasteiger partial charge on any atom is 0.294 e. The van der Waals surface area contributed by atoms with Crippen molar-refractivity contribution < 1.29 is 9.53 Å². The van der Waals surface area contributed by atoms with Gasteiger partial charge in [0.1, 0.15) is 0 Å². The first-order valence-electron chi connectivity index (χ1n) is 7.40. The maximum atomic E-state index is 10.4. The fourth-order valence-electron chi connectivity index (χ4n) is 3.68. The fraction of sp³-hybridized carbons (Fsp3) is 0.846. The Bertz CT molecular complexity index is 424. The smallest absolute Gasteiger partial charge is 0.294 e. The Kier molecular flexibility index (Phi) is 4.25. The van der Waals surface area contributed by atoms with E-state index in [4.69, 9.17) is 4.74 Å². The SMILES string of the molecule is O=COC1CC2CC(CCc3nn[nH]n3)CCC2CN1. The molecule has 2 heterocycles. The summed E-state index contributed by atoms with van der Waals surface area (Å²) in [5.74, 6) is 2.94. The molecule has 2 N–H and O–H groups in total. The molecule has 7 nitrogen and oxygen atoms in total. The van der Waals surface area contributed by atoms with Gasteiger partial charge in [-0.15, -0.1) is 10.2 Å². The van der Waals surface area contributed by atoms with E-state index in [0.29, 0.717) is 12.4 Å². The van der Waals surface area contributed by atoms with E-state index in [2.05, 4.69) is 25.9 Å². The molecule has 4 atom stereocenters. The lowest BCUT2D eigenvalue weighted by atomic mass is 9.70. The summed E-state index contributed by atoms with van der Waals surface area (Å²) in [6.45, 7) is 1.52. The number of nitrogens with zero attached hydrogens (tertiary/aromatic N) is 3. The van der Waals surface area contributed by atoms with E-state index in [9.17, 15) is 4.79 Å². The van der Waals surface area contributed by atoms with Crippen molar-refractivity contribution in [3.63, 3.8) is 0 Å². The van der Waals surface area contributed by atoms with Crippen LogP contribution in [0, 0.1) is 17.8 Å². The molecule has 0 aromatic carbocycles. The Labute approximate surface area is 117 Å². The van der Waals surface area contributed by atoms with E-state index < -0.39 is 0 Å². The van der Waals surface area contributed by atoms with Crippen LogP contribution in [0.25, 0.3) is 0 Å². The van der Waals surface area contributed by atoms with Crippen LogP contribution in [-0.2, 0) is 16.0 Å². The molecule has 0 bridgehead atoms. The molecule has 7 heteroatoms. The van der Waals surface area contributed by atoms with Crippen molar-refractivity contribution >= 4 is 6.47 Å². The number of carbonyl (C=O) groups is 1. The molecule has 2 fully saturated rings. The monoisotopic (exact) mass is 279 g/mol. The van der Waals surface area contributed by atoms with Gasteiger partial charge in [0, 0.05) is 19.4 Å². The van der Waals surface area contributed by atoms with Crippen molar-refractivity contribution in [2.75, 3.05) is 6.54 Å². The minimum absolute atomic E-state index is 0.0929. The summed E-state index contributed by atoms with van der Waals surface area (Å²) in [5, 5.41) is 17.4. The fourth-order valence-corrected chi connectivity index (χ4v) is 3.68. The second kappa shape index (κ2) is 6.30. The lowest BCUT2D eigenvalue weighted by Crippen LogP contribution is -2.47. The number of hydrogen-bond donors (Lipinski definition) is 2. The first kappa shape index (κ1) is 13.5. The highest BCUT2D eigenvalue weighted by Gasteiger charge is 2.35. The van der Waals surface area contributed by atoms with Gasteiger partial charge in [0.05, 0.1) is 0 Å². The molecule has 4 unspecified atom stereocenters. The number of nitrogens with one attached hydrogen (secondary N) is 2. The van der Waals surface area contributed by atoms with Crippen molar-refractivity contribution in [1.82, 2.24) is 25.9 Å². The first-order chi connectivity index (χ1) is 9.85. The van der Waals surface area contributed by atoms with Crippen molar-refractivity contribution in [3.05, 3.63) is 5.82 Å². The highest BCUT2D eigenvalue weighted by atomic mass is 16.5. The van der Waals surface area contributed by atoms with Crippen LogP contribution in [0.4, 0.5) is 0 Å². The summed E-state index contributed by atoms with van der Waals surface area (Å²) in [6.07, 6.45) is 6.64. The second-order valence-corrected chi connectivity index (χ2v) is 5.93. The second-order valence-electron chi connectivity index (χ2n) is 5.93. The molecular formula is C13H21N5O2. The molecule has 1 aliphatic carbocycles. The molecule has 1 saturated carbocycles. The van der Waals surface area contributed by atoms with Crippen LogP contribution in [0.3, 0.4) is 0 Å². The zero-order valence-corrected chi connectivity index (χ0v) is 11.5. The number of aromatic amines is 1. The summed E-state index contributed by atoms with van der Waals surface area (Å²) in [4.78, 5) is 10.4. The van der Waals surface area contributed by atoms with Gasteiger partial charge in [0.25, 0.3) is 6.47 Å². The summed E-state index contributed by atoms with van der Waals surface area (Å²) in [5.41, 5.74) is 0. The molecule has 0 amide bonds. The molecular weight excluding hydrogens is 258 g/mol. The molecule has 1 aromatic rings. The number of aromatic nitrogens is 4. The van der Waals surface area contributed by atoms with Crippen molar-refractivity contribution in [3.8, 4) is 0 Å². The Morgan fingerprint density at radius 3 is 3.05 bits per heavy atom. The van der Waals surface area contributed by atoms with Crippen LogP contribution in [0.5, 0.6) is 0 Å². The molecule has 110 valence electrons. The van der Waals surface area contributed by atoms with Gasteiger partial charge in [-0.1, -0.05) is 11.6 Å². The molecule has 1 saturated heterocycles. The van der Waals surface area contributed by atoms with Gasteiger partial charge in [-0.2, -0.15) is 5.21 Å². The van der Waals surface area contributed by atoms with Crippen LogP contribution in [0.15, 0.2) is 0 Å². The number of fused-ring (bicyclic) bond motifs is 1. The van der Waals surface area contributed by atoms with E-state index in [1.54, 1.807) is 0 Å². The Hall–Kier alpha value is -1.50. The Balaban J connectivity index is 1.49. The molecule has 0 spiro atoms. The van der Waals surface area contributed by atoms with Gasteiger partial charge in [-0.05, 0) is 37.0 Å². The van der Waals surface area contributed by atoms with Crippen LogP contribution in [0.2, 0.25) is 0 Å². The van der Waals surface area contributed by atoms with Crippen LogP contribution >= 0.6 is 0 Å². The molecule has 1 aliphatic heterocycles. The van der Waals surface area contributed by atoms with Gasteiger partial charge in [-0.3, -0.25) is 10.1 Å². The van der Waals surface area contributed by atoms with E-state index in [0.717, 1.165) is 43.5 Å². The molecule has 2 aliphatic rings. The maximum absolute atomic E-state index is 10.4. The first-order valence-corrected chi connectivity index (χ1v) is 7.40. The average molecular weight is 279 g/mol. The van der Waals surface area contributed by atoms with Crippen LogP contribution in [0.1, 0.15) is 37.9 Å². The zero-order valence-electron chi connectivity index (χ0n) is 11.5. The van der Waals surface area contributed by atoms with Crippen molar-refractivity contribution in [2.45, 2.75) is 44.8 Å². The lowest BCUT2D eigenvalue weighted by molar-refractivity contribution is -0.138. The topological polar surface area (TPSA) is 92.8 Å². The predicted molar refractivity (Wildman–Crippen MR) is 70.4 cm³/mol. The largest absolute Gasteiger partial charge is 0.449 e. The molecule has 1 aromatic heterocycles. The number of tetrazole rings is 1. The van der Waals surface area contributed by atoms with Gasteiger partial charge in [-0.25, -0.2) is 0 Å². The third-order valence-electron chi connectivity index (χ3n) is 4.76. The van der Waals surface area contributed by atoms with E-state index in [-0.39, 0.29) is 6.23 Å². The summed E-state index contributed by atoms with van der Waals surface area (Å²) < 4.78 is 5.06. The zero-order chi connectivity index (χ0) is 13.8. The third-order valence-corrected chi connectivity index (χ3v) is 4.76. The summed E-state index contributed by atoms with van der Waals surface area (Å²) in [7, 11) is 0. The Morgan fingerprint density at radius 2 is 2.25 bits per heavy atom. The average Bonchev–Trinajstić information content (AvgIpc) is 2.98. The lowest BCUT2D eigenvalue weighted by Gasteiger charge is -2.42. The number of rotatable bonds is 5. The Morgan fingerprint density at radius 1 is 1.30 bits per heavy atom. The highest BCUT2D eigenvalue weighted by molar-refractivity contribution is 5.37.